The van der Waals surface area contributed by atoms with Gasteiger partial charge in [0.05, 0.1) is 0 Å². The van der Waals surface area contributed by atoms with Gasteiger partial charge in [0, 0.05) is 31.6 Å². The van der Waals surface area contributed by atoms with Crippen LogP contribution in [0.3, 0.4) is 0 Å². The van der Waals surface area contributed by atoms with Crippen LogP contribution in [0.25, 0.3) is 0 Å². The summed E-state index contributed by atoms with van der Waals surface area (Å²) in [6.07, 6.45) is 0. The van der Waals surface area contributed by atoms with Crippen molar-refractivity contribution in [2.75, 3.05) is 0 Å². The number of benzene rings is 1. The van der Waals surface area contributed by atoms with Crippen molar-refractivity contribution in [1.82, 2.24) is 0 Å². The maximum atomic E-state index is 5.88. The van der Waals surface area contributed by atoms with Crippen LogP contribution in [-0.4, -0.2) is 28.1 Å². The van der Waals surface area contributed by atoms with E-state index in [1.807, 2.05) is 12.1 Å². The van der Waals surface area contributed by atoms with E-state index in [1.54, 1.807) is 12.1 Å². The van der Waals surface area contributed by atoms with Crippen molar-refractivity contribution in [3.05, 3.63) is 35.4 Å². The van der Waals surface area contributed by atoms with Crippen LogP contribution in [0.1, 0.15) is 22.2 Å². The zero-order valence-corrected chi connectivity index (χ0v) is 15.3. The van der Waals surface area contributed by atoms with E-state index in [1.165, 1.54) is 0 Å². The van der Waals surface area contributed by atoms with Gasteiger partial charge in [0.25, 0.3) is 0 Å². The summed E-state index contributed by atoms with van der Waals surface area (Å²) in [6.45, 7) is 0. The van der Waals surface area contributed by atoms with Crippen molar-refractivity contribution in [1.29, 1.82) is 0 Å². The highest BCUT2D eigenvalue weighted by Crippen LogP contribution is 2.45. The molecule has 0 aliphatic heterocycles. The van der Waals surface area contributed by atoms with Crippen LogP contribution >= 0.6 is 69.6 Å². The normalized spacial score (nSPS) is 16.4. The molecular weight excluding hydrogens is 389 g/mol. The van der Waals surface area contributed by atoms with E-state index in [0.29, 0.717) is 0 Å². The maximum Gasteiger partial charge on any atom is 0.194 e. The van der Waals surface area contributed by atoms with Crippen molar-refractivity contribution < 1.29 is 0 Å². The van der Waals surface area contributed by atoms with Crippen molar-refractivity contribution in [3.8, 4) is 0 Å². The molecule has 2 atom stereocenters. The van der Waals surface area contributed by atoms with Crippen LogP contribution in [0, 0.1) is 0 Å². The molecule has 0 aliphatic rings. The summed E-state index contributed by atoms with van der Waals surface area (Å²) < 4.78 is -3.01. The summed E-state index contributed by atoms with van der Waals surface area (Å²) in [5.41, 5.74) is 0.427. The molecule has 18 heavy (non-hydrogen) atoms. The third-order valence-corrected chi connectivity index (χ3v) is 6.17. The third kappa shape index (κ3) is 4.45. The molecule has 0 fully saturated rings. The molecule has 0 N–H and O–H groups in total. The van der Waals surface area contributed by atoms with Crippen LogP contribution in [0.5, 0.6) is 0 Å². The molecule has 96 valence electrons. The molecule has 2 unspecified atom stereocenters. The molecule has 1 aromatic rings. The Kier molecular flexibility index (Phi) is 6.24. The molecule has 0 heterocycles. The lowest BCUT2D eigenvalue weighted by Gasteiger charge is -2.28. The van der Waals surface area contributed by atoms with Gasteiger partial charge in [-0.3, -0.25) is 0 Å². The van der Waals surface area contributed by atoms with Gasteiger partial charge in [0.1, 0.15) is 0 Å². The van der Waals surface area contributed by atoms with Gasteiger partial charge in [0.15, 0.2) is 7.59 Å². The van der Waals surface area contributed by atoms with E-state index in [4.69, 9.17) is 69.6 Å². The molecule has 6 radical (unpaired) electrons. The molecule has 0 amide bonds. The summed E-state index contributed by atoms with van der Waals surface area (Å²) in [5, 5.41) is 0. The highest BCUT2D eigenvalue weighted by Gasteiger charge is 2.36. The first-order valence-electron chi connectivity index (χ1n) is 4.69. The van der Waals surface area contributed by atoms with E-state index in [9.17, 15) is 0 Å². The van der Waals surface area contributed by atoms with Gasteiger partial charge in [-0.1, -0.05) is 93.9 Å². The van der Waals surface area contributed by atoms with E-state index in [0.717, 1.165) is 11.1 Å². The smallest absolute Gasteiger partial charge is 0.0834 e. The Hall–Kier alpha value is 1.39. The minimum Gasteiger partial charge on any atom is -0.0834 e. The van der Waals surface area contributed by atoms with Gasteiger partial charge in [-0.2, -0.15) is 0 Å². The monoisotopic (exact) mass is 392 g/mol. The van der Waals surface area contributed by atoms with Crippen LogP contribution in [0.15, 0.2) is 24.3 Å². The minimum atomic E-state index is -1.51. The van der Waals surface area contributed by atoms with Gasteiger partial charge < -0.3 is 0 Å². The maximum absolute atomic E-state index is 5.88. The van der Waals surface area contributed by atoms with Crippen molar-refractivity contribution in [2.24, 2.45) is 0 Å². The average molecular weight is 395 g/mol. The van der Waals surface area contributed by atoms with E-state index in [2.05, 4.69) is 20.5 Å². The molecule has 8 heteroatoms. The van der Waals surface area contributed by atoms with Gasteiger partial charge in [-0.05, 0) is 11.1 Å². The molecule has 0 spiro atoms. The SMILES string of the molecule is [Si]C(c1ccccc1C([Si])C(Cl)(Cl)Cl)C(Cl)(Cl)Cl. The fraction of sp³-hybridized carbons (Fsp3) is 0.400. The number of alkyl halides is 6. The predicted octanol–water partition coefficient (Wildman–Crippen LogP) is 4.85. The second-order valence-corrected chi connectivity index (χ2v) is 9.47. The molecule has 1 rings (SSSR count). The molecule has 0 saturated carbocycles. The van der Waals surface area contributed by atoms with Crippen LogP contribution in [-0.2, 0) is 0 Å². The lowest BCUT2D eigenvalue weighted by atomic mass is 10.0. The van der Waals surface area contributed by atoms with Crippen LogP contribution in [0.2, 0.25) is 0 Å². The number of hydrogen-bond donors (Lipinski definition) is 0. The van der Waals surface area contributed by atoms with Crippen LogP contribution < -0.4 is 0 Å². The number of hydrogen-bond acceptors (Lipinski definition) is 0. The summed E-state index contributed by atoms with van der Waals surface area (Å²) >= 11 is 35.3. The quantitative estimate of drug-likeness (QED) is 0.497. The fourth-order valence-corrected chi connectivity index (χ4v) is 2.62. The highest BCUT2D eigenvalue weighted by molar-refractivity contribution is 6.70. The largest absolute Gasteiger partial charge is 0.194 e. The first-order valence-corrected chi connectivity index (χ1v) is 8.12. The highest BCUT2D eigenvalue weighted by atomic mass is 35.6. The number of rotatable bonds is 2. The molecular formula is C10H6Cl6Si2. The van der Waals surface area contributed by atoms with Crippen molar-refractivity contribution in [2.45, 2.75) is 18.7 Å². The number of halogens is 6. The first-order chi connectivity index (χ1) is 8.05. The summed E-state index contributed by atoms with van der Waals surface area (Å²) in [4.78, 5) is 0. The van der Waals surface area contributed by atoms with Gasteiger partial charge in [-0.15, -0.1) is 0 Å². The zero-order valence-electron chi connectivity index (χ0n) is 8.73. The molecule has 0 aliphatic carbocycles. The second-order valence-electron chi connectivity index (χ2n) is 3.58. The Balaban J connectivity index is 3.23. The van der Waals surface area contributed by atoms with Crippen molar-refractivity contribution >= 4 is 90.1 Å². The Bertz CT molecular complexity index is 373. The first kappa shape index (κ1) is 17.4. The molecule has 0 bridgehead atoms. The average Bonchev–Trinajstić information content (AvgIpc) is 2.24. The third-order valence-electron chi connectivity index (χ3n) is 2.27. The van der Waals surface area contributed by atoms with E-state index >= 15 is 0 Å². The van der Waals surface area contributed by atoms with E-state index < -0.39 is 18.7 Å². The van der Waals surface area contributed by atoms with Gasteiger partial charge >= 0.3 is 0 Å². The Morgan fingerprint density at radius 1 is 0.722 bits per heavy atom. The van der Waals surface area contributed by atoms with Crippen LogP contribution in [0.4, 0.5) is 0 Å². The molecule has 0 nitrogen and oxygen atoms in total. The second kappa shape index (κ2) is 6.44. The fourth-order valence-electron chi connectivity index (χ4n) is 1.39. The Morgan fingerprint density at radius 2 is 1.00 bits per heavy atom. The molecule has 0 saturated heterocycles. The van der Waals surface area contributed by atoms with Gasteiger partial charge in [-0.25, -0.2) is 0 Å². The van der Waals surface area contributed by atoms with Crippen molar-refractivity contribution in [3.63, 3.8) is 0 Å². The summed E-state index contributed by atoms with van der Waals surface area (Å²) in [5.74, 6) is 0. The summed E-state index contributed by atoms with van der Waals surface area (Å²) in [7, 11) is 6.81. The Morgan fingerprint density at radius 3 is 1.22 bits per heavy atom. The zero-order chi connectivity index (χ0) is 14.1. The topological polar surface area (TPSA) is 0 Å². The minimum absolute atomic E-state index is 0.523. The molecule has 1 aromatic carbocycles. The molecule has 0 aromatic heterocycles. The Labute approximate surface area is 143 Å². The van der Waals surface area contributed by atoms with E-state index in [-0.39, 0.29) is 0 Å². The summed E-state index contributed by atoms with van der Waals surface area (Å²) in [6, 6.07) is 7.25. The lowest BCUT2D eigenvalue weighted by Crippen LogP contribution is -2.23. The van der Waals surface area contributed by atoms with Gasteiger partial charge in [0.2, 0.25) is 0 Å². The predicted molar refractivity (Wildman–Crippen MR) is 84.0 cm³/mol. The lowest BCUT2D eigenvalue weighted by molar-refractivity contribution is 0.892. The standard InChI is InChI=1S/C10H6Cl6Si2/c11-9(12,13)7(17)5-3-1-2-4-6(5)8(18)10(14,15)16/h1-4,7-8H.